The van der Waals surface area contributed by atoms with Crippen molar-refractivity contribution in [3.63, 3.8) is 0 Å². The number of nitrogens with zero attached hydrogens (tertiary/aromatic N) is 1. The van der Waals surface area contributed by atoms with E-state index in [0.717, 1.165) is 0 Å². The van der Waals surface area contributed by atoms with Crippen molar-refractivity contribution in [3.8, 4) is 0 Å². The number of carbonyl (C=O) groups excluding carboxylic acids is 1. The number of hydrogen-bond donors (Lipinski definition) is 2. The van der Waals surface area contributed by atoms with Crippen LogP contribution in [0.1, 0.15) is 30.6 Å². The van der Waals surface area contributed by atoms with Gasteiger partial charge in [-0.05, 0) is 31.4 Å². The first-order valence-electron chi connectivity index (χ1n) is 7.13. The molecule has 0 spiro atoms. The second-order valence-electron chi connectivity index (χ2n) is 5.40. The van der Waals surface area contributed by atoms with Crippen LogP contribution in [0.15, 0.2) is 12.1 Å². The van der Waals surface area contributed by atoms with Gasteiger partial charge in [0.2, 0.25) is 0 Å². The highest BCUT2D eigenvalue weighted by Crippen LogP contribution is 2.35. The van der Waals surface area contributed by atoms with Crippen LogP contribution in [0.3, 0.4) is 0 Å². The minimum atomic E-state index is -0.430. The molecule has 0 radical (unpaired) electrons. The van der Waals surface area contributed by atoms with E-state index in [9.17, 15) is 9.90 Å². The lowest BCUT2D eigenvalue weighted by Crippen LogP contribution is -2.42. The quantitative estimate of drug-likeness (QED) is 0.661. The molecule has 3 N–H and O–H groups in total. The van der Waals surface area contributed by atoms with E-state index in [1.807, 2.05) is 11.8 Å². The smallest absolute Gasteiger partial charge is 0.340 e. The summed E-state index contributed by atoms with van der Waals surface area (Å²) in [6, 6.07) is 3.23. The average molecular weight is 313 g/mol. The number of rotatable bonds is 3. The van der Waals surface area contributed by atoms with E-state index in [0.29, 0.717) is 48.1 Å². The minimum Gasteiger partial charge on any atom is -0.462 e. The Kier molecular flexibility index (Phi) is 4.96. The van der Waals surface area contributed by atoms with Gasteiger partial charge in [0.05, 0.1) is 29.0 Å². The van der Waals surface area contributed by atoms with E-state index >= 15 is 0 Å². The lowest BCUT2D eigenvalue weighted by atomic mass is 9.95. The number of aliphatic hydroxyl groups excluding tert-OH is 1. The Morgan fingerprint density at radius 2 is 2.29 bits per heavy atom. The molecule has 1 aliphatic heterocycles. The van der Waals surface area contributed by atoms with Gasteiger partial charge in [0.1, 0.15) is 0 Å². The first-order chi connectivity index (χ1) is 9.93. The normalized spacial score (nSPS) is 22.2. The van der Waals surface area contributed by atoms with Gasteiger partial charge in [-0.1, -0.05) is 18.5 Å². The zero-order valence-corrected chi connectivity index (χ0v) is 13.1. The van der Waals surface area contributed by atoms with Crippen molar-refractivity contribution < 1.29 is 14.6 Å². The van der Waals surface area contributed by atoms with E-state index in [-0.39, 0.29) is 12.0 Å². The second-order valence-corrected chi connectivity index (χ2v) is 5.81. The topological polar surface area (TPSA) is 75.8 Å². The van der Waals surface area contributed by atoms with Gasteiger partial charge in [0.15, 0.2) is 0 Å². The zero-order valence-electron chi connectivity index (χ0n) is 12.3. The summed E-state index contributed by atoms with van der Waals surface area (Å²) < 4.78 is 5.09. The second kappa shape index (κ2) is 6.54. The fraction of sp³-hybridized carbons (Fsp3) is 0.533. The van der Waals surface area contributed by atoms with Crippen LogP contribution in [0, 0.1) is 5.92 Å². The molecule has 1 aromatic carbocycles. The number of nitrogens with two attached hydrogens (primary N) is 1. The molecule has 6 heteroatoms. The number of hydrogen-bond acceptors (Lipinski definition) is 5. The molecule has 0 amide bonds. The average Bonchev–Trinajstić information content (AvgIpc) is 2.41. The molecule has 0 aliphatic carbocycles. The van der Waals surface area contributed by atoms with Crippen molar-refractivity contribution in [1.82, 2.24) is 0 Å². The maximum absolute atomic E-state index is 12.1. The maximum atomic E-state index is 12.1. The van der Waals surface area contributed by atoms with Crippen molar-refractivity contribution in [2.24, 2.45) is 5.92 Å². The predicted octanol–water partition coefficient (Wildman–Crippen LogP) is 2.31. The number of esters is 1. The molecule has 116 valence electrons. The van der Waals surface area contributed by atoms with Crippen LogP contribution in [0.5, 0.6) is 0 Å². The fourth-order valence-electron chi connectivity index (χ4n) is 2.64. The Labute approximate surface area is 129 Å². The molecule has 1 aliphatic rings. The number of piperidine rings is 1. The van der Waals surface area contributed by atoms with Gasteiger partial charge in [0, 0.05) is 18.8 Å². The van der Waals surface area contributed by atoms with Crippen molar-refractivity contribution in [3.05, 3.63) is 22.7 Å². The summed E-state index contributed by atoms with van der Waals surface area (Å²) >= 11 is 6.30. The number of halogens is 1. The van der Waals surface area contributed by atoms with Crippen LogP contribution >= 0.6 is 11.6 Å². The first kappa shape index (κ1) is 15.9. The third kappa shape index (κ3) is 3.41. The summed E-state index contributed by atoms with van der Waals surface area (Å²) in [5.41, 5.74) is 7.24. The van der Waals surface area contributed by atoms with Crippen LogP contribution in [-0.4, -0.2) is 36.9 Å². The maximum Gasteiger partial charge on any atom is 0.340 e. The van der Waals surface area contributed by atoms with Gasteiger partial charge in [-0.2, -0.15) is 0 Å². The molecule has 2 atom stereocenters. The predicted molar refractivity (Wildman–Crippen MR) is 83.8 cm³/mol. The Morgan fingerprint density at radius 3 is 2.90 bits per heavy atom. The fourth-order valence-corrected chi connectivity index (χ4v) is 2.99. The van der Waals surface area contributed by atoms with Crippen LogP contribution in [0.2, 0.25) is 5.02 Å². The molecule has 1 fully saturated rings. The van der Waals surface area contributed by atoms with Gasteiger partial charge in [-0.25, -0.2) is 4.79 Å². The van der Waals surface area contributed by atoms with Gasteiger partial charge in [-0.15, -0.1) is 0 Å². The molecule has 0 bridgehead atoms. The number of anilines is 2. The summed E-state index contributed by atoms with van der Waals surface area (Å²) in [5, 5.41) is 10.3. The molecule has 1 saturated heterocycles. The van der Waals surface area contributed by atoms with E-state index in [4.69, 9.17) is 22.1 Å². The lowest BCUT2D eigenvalue weighted by molar-refractivity contribution is 0.0526. The van der Waals surface area contributed by atoms with E-state index in [1.165, 1.54) is 0 Å². The Morgan fingerprint density at radius 1 is 1.57 bits per heavy atom. The molecule has 1 heterocycles. The van der Waals surface area contributed by atoms with Crippen LogP contribution in [0.4, 0.5) is 11.4 Å². The molecule has 2 rings (SSSR count). The highest BCUT2D eigenvalue weighted by molar-refractivity contribution is 6.34. The summed E-state index contributed by atoms with van der Waals surface area (Å²) in [4.78, 5) is 14.2. The molecular weight excluding hydrogens is 292 g/mol. The zero-order chi connectivity index (χ0) is 15.6. The summed E-state index contributed by atoms with van der Waals surface area (Å²) in [6.07, 6.45) is 0.323. The Balaban J connectivity index is 2.39. The molecular formula is C15H21ClN2O3. The number of ether oxygens (including phenoxy) is 1. The molecule has 0 aromatic heterocycles. The third-order valence-corrected chi connectivity index (χ3v) is 4.05. The molecule has 1 aromatic rings. The summed E-state index contributed by atoms with van der Waals surface area (Å²) in [6.45, 7) is 5.30. The van der Waals surface area contributed by atoms with Gasteiger partial charge < -0.3 is 20.5 Å². The van der Waals surface area contributed by atoms with E-state index in [1.54, 1.807) is 19.1 Å². The van der Waals surface area contributed by atoms with Gasteiger partial charge in [0.25, 0.3) is 0 Å². The lowest BCUT2D eigenvalue weighted by Gasteiger charge is -2.37. The van der Waals surface area contributed by atoms with Crippen molar-refractivity contribution in [2.45, 2.75) is 26.4 Å². The number of benzene rings is 1. The standard InChI is InChI=1S/C15H21ClN2O3/c1-3-21-15(20)11-6-10(17)7-12(16)14(11)18-5-4-13(19)9(2)8-18/h6-7,9,13,19H,3-5,8,17H2,1-2H3. The Hall–Kier alpha value is -1.46. The van der Waals surface area contributed by atoms with Crippen molar-refractivity contribution in [2.75, 3.05) is 30.3 Å². The van der Waals surface area contributed by atoms with Gasteiger partial charge in [-0.3, -0.25) is 0 Å². The monoisotopic (exact) mass is 312 g/mol. The largest absolute Gasteiger partial charge is 0.462 e. The molecule has 2 unspecified atom stereocenters. The van der Waals surface area contributed by atoms with Crippen LogP contribution < -0.4 is 10.6 Å². The highest BCUT2D eigenvalue weighted by atomic mass is 35.5. The summed E-state index contributed by atoms with van der Waals surface area (Å²) in [7, 11) is 0. The third-order valence-electron chi connectivity index (χ3n) is 3.76. The van der Waals surface area contributed by atoms with Gasteiger partial charge >= 0.3 is 5.97 Å². The summed E-state index contributed by atoms with van der Waals surface area (Å²) in [5.74, 6) is -0.317. The molecule has 5 nitrogen and oxygen atoms in total. The van der Waals surface area contributed by atoms with Crippen molar-refractivity contribution in [1.29, 1.82) is 0 Å². The first-order valence-corrected chi connectivity index (χ1v) is 7.51. The number of nitrogen functional groups attached to an aromatic ring is 1. The van der Waals surface area contributed by atoms with E-state index in [2.05, 4.69) is 0 Å². The minimum absolute atomic E-state index is 0.113. The highest BCUT2D eigenvalue weighted by Gasteiger charge is 2.29. The Bertz CT molecular complexity index is 536. The SMILES string of the molecule is CCOC(=O)c1cc(N)cc(Cl)c1N1CCC(O)C(C)C1. The molecule has 21 heavy (non-hydrogen) atoms. The number of aliphatic hydroxyl groups is 1. The van der Waals surface area contributed by atoms with Crippen LogP contribution in [-0.2, 0) is 4.74 Å². The molecule has 0 saturated carbocycles. The van der Waals surface area contributed by atoms with Crippen LogP contribution in [0.25, 0.3) is 0 Å². The number of carbonyl (C=O) groups is 1. The van der Waals surface area contributed by atoms with Crippen molar-refractivity contribution >= 4 is 28.9 Å². The van der Waals surface area contributed by atoms with E-state index < -0.39 is 5.97 Å².